The molecule has 2 N–H and O–H groups in total. The molecule has 0 saturated carbocycles. The van der Waals surface area contributed by atoms with Crippen LogP contribution >= 0.6 is 0 Å². The lowest BCUT2D eigenvalue weighted by Gasteiger charge is -2.30. The molecule has 0 aliphatic rings. The van der Waals surface area contributed by atoms with Crippen molar-refractivity contribution in [3.63, 3.8) is 0 Å². The summed E-state index contributed by atoms with van der Waals surface area (Å²) in [5.41, 5.74) is -0.507. The molecule has 0 radical (unpaired) electrons. The Kier molecular flexibility index (Phi) is 5.99. The summed E-state index contributed by atoms with van der Waals surface area (Å²) in [5, 5.41) is 11.7. The van der Waals surface area contributed by atoms with Crippen molar-refractivity contribution in [1.82, 2.24) is 10.2 Å². The second-order valence-electron chi connectivity index (χ2n) is 5.17. The molecule has 0 heterocycles. The standard InChI is InChI=1S/C12H24N2O3/c1-6-8-14(7-2)11(17)13-9(10(15)16)12(3,4)5/h9H,6-8H2,1-5H3,(H,13,17)(H,15,16)/t9-/m1/s1. The third-order valence-electron chi connectivity index (χ3n) is 2.54. The van der Waals surface area contributed by atoms with Crippen LogP contribution in [0, 0.1) is 5.41 Å². The molecular formula is C12H24N2O3. The second kappa shape index (κ2) is 6.47. The van der Waals surface area contributed by atoms with Crippen LogP contribution in [-0.2, 0) is 4.79 Å². The largest absolute Gasteiger partial charge is 0.480 e. The Morgan fingerprint density at radius 2 is 1.82 bits per heavy atom. The van der Waals surface area contributed by atoms with Gasteiger partial charge in [-0.3, -0.25) is 0 Å². The maximum absolute atomic E-state index is 11.9. The van der Waals surface area contributed by atoms with E-state index in [4.69, 9.17) is 5.11 Å². The van der Waals surface area contributed by atoms with Crippen LogP contribution in [0.1, 0.15) is 41.0 Å². The van der Waals surface area contributed by atoms with Crippen molar-refractivity contribution in [2.45, 2.75) is 47.1 Å². The summed E-state index contributed by atoms with van der Waals surface area (Å²) in [4.78, 5) is 24.6. The molecule has 0 aromatic rings. The van der Waals surface area contributed by atoms with Gasteiger partial charge in [0, 0.05) is 13.1 Å². The molecule has 0 unspecified atom stereocenters. The van der Waals surface area contributed by atoms with Crippen molar-refractivity contribution in [3.8, 4) is 0 Å². The SMILES string of the molecule is CCCN(CC)C(=O)N[C@H](C(=O)O)C(C)(C)C. The highest BCUT2D eigenvalue weighted by Crippen LogP contribution is 2.19. The smallest absolute Gasteiger partial charge is 0.326 e. The Morgan fingerprint density at radius 1 is 1.29 bits per heavy atom. The van der Waals surface area contributed by atoms with Crippen LogP contribution in [0.3, 0.4) is 0 Å². The van der Waals surface area contributed by atoms with Crippen molar-refractivity contribution in [1.29, 1.82) is 0 Å². The number of hydrogen-bond donors (Lipinski definition) is 2. The minimum atomic E-state index is -1.00. The zero-order valence-corrected chi connectivity index (χ0v) is 11.4. The number of urea groups is 1. The molecule has 0 aliphatic carbocycles. The molecule has 2 amide bonds. The number of carbonyl (C=O) groups excluding carboxylic acids is 1. The fourth-order valence-electron chi connectivity index (χ4n) is 1.54. The molecule has 0 bridgehead atoms. The van der Waals surface area contributed by atoms with Crippen molar-refractivity contribution >= 4 is 12.0 Å². The van der Waals surface area contributed by atoms with Crippen LogP contribution in [0.15, 0.2) is 0 Å². The highest BCUT2D eigenvalue weighted by Gasteiger charge is 2.33. The van der Waals surface area contributed by atoms with Gasteiger partial charge in [0.15, 0.2) is 0 Å². The Bertz CT molecular complexity index is 271. The minimum Gasteiger partial charge on any atom is -0.480 e. The first-order valence-electron chi connectivity index (χ1n) is 6.02. The van der Waals surface area contributed by atoms with E-state index in [1.807, 2.05) is 13.8 Å². The molecule has 0 aliphatic heterocycles. The van der Waals surface area contributed by atoms with Gasteiger partial charge in [-0.2, -0.15) is 0 Å². The van der Waals surface area contributed by atoms with Gasteiger partial charge in [0.1, 0.15) is 6.04 Å². The van der Waals surface area contributed by atoms with E-state index in [0.29, 0.717) is 13.1 Å². The van der Waals surface area contributed by atoms with Gasteiger partial charge in [-0.05, 0) is 18.8 Å². The van der Waals surface area contributed by atoms with E-state index in [9.17, 15) is 9.59 Å². The number of carboxylic acid groups (broad SMARTS) is 1. The molecular weight excluding hydrogens is 220 g/mol. The van der Waals surface area contributed by atoms with E-state index < -0.39 is 17.4 Å². The normalized spacial score (nSPS) is 13.0. The first kappa shape index (κ1) is 15.7. The van der Waals surface area contributed by atoms with Gasteiger partial charge < -0.3 is 15.3 Å². The maximum atomic E-state index is 11.9. The van der Waals surface area contributed by atoms with E-state index in [1.54, 1.807) is 25.7 Å². The summed E-state index contributed by atoms with van der Waals surface area (Å²) in [6, 6.07) is -1.18. The van der Waals surface area contributed by atoms with Crippen molar-refractivity contribution in [2.24, 2.45) is 5.41 Å². The topological polar surface area (TPSA) is 69.6 Å². The lowest BCUT2D eigenvalue weighted by atomic mass is 9.87. The number of nitrogens with one attached hydrogen (secondary N) is 1. The minimum absolute atomic E-state index is 0.309. The monoisotopic (exact) mass is 244 g/mol. The van der Waals surface area contributed by atoms with Crippen LogP contribution < -0.4 is 5.32 Å². The first-order valence-corrected chi connectivity index (χ1v) is 6.02. The van der Waals surface area contributed by atoms with Crippen molar-refractivity contribution in [2.75, 3.05) is 13.1 Å². The third-order valence-corrected chi connectivity index (χ3v) is 2.54. The number of carboxylic acids is 1. The zero-order valence-electron chi connectivity index (χ0n) is 11.4. The quantitative estimate of drug-likeness (QED) is 0.776. The molecule has 0 saturated heterocycles. The average Bonchev–Trinajstić information content (AvgIpc) is 2.19. The number of nitrogens with zero attached hydrogens (tertiary/aromatic N) is 1. The second-order valence-corrected chi connectivity index (χ2v) is 5.17. The van der Waals surface area contributed by atoms with Crippen molar-refractivity contribution in [3.05, 3.63) is 0 Å². The fourth-order valence-corrected chi connectivity index (χ4v) is 1.54. The lowest BCUT2D eigenvalue weighted by molar-refractivity contribution is -0.142. The summed E-state index contributed by atoms with van der Waals surface area (Å²) in [6.45, 7) is 10.5. The number of aliphatic carboxylic acids is 1. The van der Waals surface area contributed by atoms with E-state index >= 15 is 0 Å². The number of carbonyl (C=O) groups is 2. The highest BCUT2D eigenvalue weighted by atomic mass is 16.4. The Balaban J connectivity index is 4.66. The predicted molar refractivity (Wildman–Crippen MR) is 66.9 cm³/mol. The van der Waals surface area contributed by atoms with E-state index in [0.717, 1.165) is 6.42 Å². The molecule has 0 aromatic carbocycles. The Labute approximate surface area is 103 Å². The summed E-state index contributed by atoms with van der Waals surface area (Å²) in [5.74, 6) is -1.00. The summed E-state index contributed by atoms with van der Waals surface area (Å²) < 4.78 is 0. The third kappa shape index (κ3) is 5.06. The van der Waals surface area contributed by atoms with Gasteiger partial charge in [0.2, 0.25) is 0 Å². The van der Waals surface area contributed by atoms with Gasteiger partial charge in [-0.1, -0.05) is 27.7 Å². The number of amides is 2. The van der Waals surface area contributed by atoms with Gasteiger partial charge in [-0.15, -0.1) is 0 Å². The number of hydrogen-bond acceptors (Lipinski definition) is 2. The average molecular weight is 244 g/mol. The summed E-state index contributed by atoms with van der Waals surface area (Å²) in [6.07, 6.45) is 0.856. The highest BCUT2D eigenvalue weighted by molar-refractivity contribution is 5.83. The van der Waals surface area contributed by atoms with E-state index in [1.165, 1.54) is 0 Å². The molecule has 0 aromatic heterocycles. The van der Waals surface area contributed by atoms with Gasteiger partial charge in [-0.25, -0.2) is 9.59 Å². The van der Waals surface area contributed by atoms with Crippen LogP contribution in [-0.4, -0.2) is 41.1 Å². The van der Waals surface area contributed by atoms with Gasteiger partial charge in [0.05, 0.1) is 0 Å². The fraction of sp³-hybridized carbons (Fsp3) is 0.833. The summed E-state index contributed by atoms with van der Waals surface area (Å²) in [7, 11) is 0. The van der Waals surface area contributed by atoms with Crippen molar-refractivity contribution < 1.29 is 14.7 Å². The van der Waals surface area contributed by atoms with Crippen LogP contribution in [0.4, 0.5) is 4.79 Å². The molecule has 5 nitrogen and oxygen atoms in total. The molecule has 1 atom stereocenters. The zero-order chi connectivity index (χ0) is 13.6. The molecule has 100 valence electrons. The van der Waals surface area contributed by atoms with Crippen LogP contribution in [0.2, 0.25) is 0 Å². The van der Waals surface area contributed by atoms with E-state index in [-0.39, 0.29) is 6.03 Å². The van der Waals surface area contributed by atoms with Crippen LogP contribution in [0.25, 0.3) is 0 Å². The Morgan fingerprint density at radius 3 is 2.12 bits per heavy atom. The molecule has 17 heavy (non-hydrogen) atoms. The first-order chi connectivity index (χ1) is 7.73. The van der Waals surface area contributed by atoms with Crippen LogP contribution in [0.5, 0.6) is 0 Å². The number of rotatable bonds is 5. The van der Waals surface area contributed by atoms with Gasteiger partial charge in [0.25, 0.3) is 0 Å². The Hall–Kier alpha value is -1.26. The molecule has 0 fully saturated rings. The maximum Gasteiger partial charge on any atom is 0.326 e. The lowest BCUT2D eigenvalue weighted by Crippen LogP contribution is -2.53. The molecule has 0 rings (SSSR count). The van der Waals surface area contributed by atoms with E-state index in [2.05, 4.69) is 5.32 Å². The summed E-state index contributed by atoms with van der Waals surface area (Å²) >= 11 is 0. The van der Waals surface area contributed by atoms with Gasteiger partial charge >= 0.3 is 12.0 Å². The predicted octanol–water partition coefficient (Wildman–Crippen LogP) is 1.93. The molecule has 0 spiro atoms. The molecule has 5 heteroatoms.